The second kappa shape index (κ2) is 10.2. The zero-order valence-corrected chi connectivity index (χ0v) is 16.9. The van der Waals surface area contributed by atoms with E-state index in [1.807, 2.05) is 60.7 Å². The maximum atomic E-state index is 12.8. The van der Waals surface area contributed by atoms with E-state index in [0.29, 0.717) is 16.5 Å². The molecule has 3 rings (SSSR count). The number of nitrogens with one attached hydrogen (secondary N) is 2. The van der Waals surface area contributed by atoms with Crippen molar-refractivity contribution in [1.82, 2.24) is 0 Å². The molecular formula is C24H21N3OS. The summed E-state index contributed by atoms with van der Waals surface area (Å²) in [6.45, 7) is 2.05. The fourth-order valence-electron chi connectivity index (χ4n) is 2.67. The van der Waals surface area contributed by atoms with Crippen LogP contribution in [0.5, 0.6) is 0 Å². The molecule has 3 aromatic rings. The van der Waals surface area contributed by atoms with Crippen molar-refractivity contribution in [2.45, 2.75) is 12.7 Å². The van der Waals surface area contributed by atoms with Gasteiger partial charge in [0.25, 0.3) is 5.91 Å². The minimum atomic E-state index is -0.436. The first kappa shape index (κ1) is 20.2. The molecule has 1 amide bonds. The number of para-hydroxylation sites is 2. The number of nitriles is 1. The number of carbonyl (C=O) groups is 1. The highest BCUT2D eigenvalue weighted by Gasteiger charge is 2.17. The summed E-state index contributed by atoms with van der Waals surface area (Å²) in [5, 5.41) is 16.3. The Balaban J connectivity index is 1.89. The second-order valence-electron chi connectivity index (χ2n) is 6.34. The molecule has 0 heterocycles. The van der Waals surface area contributed by atoms with E-state index >= 15 is 0 Å². The van der Waals surface area contributed by atoms with Crippen molar-refractivity contribution in [3.8, 4) is 6.07 Å². The molecule has 0 saturated carbocycles. The smallest absolute Gasteiger partial charge is 0.269 e. The first-order valence-electron chi connectivity index (χ1n) is 9.17. The van der Waals surface area contributed by atoms with Crippen LogP contribution >= 0.6 is 11.8 Å². The van der Waals surface area contributed by atoms with Crippen LogP contribution in [0, 0.1) is 18.3 Å². The number of nitrogens with zero attached hydrogens (tertiary/aromatic N) is 1. The molecule has 0 unspecified atom stereocenters. The topological polar surface area (TPSA) is 64.9 Å². The molecule has 0 aliphatic carbocycles. The van der Waals surface area contributed by atoms with Crippen LogP contribution in [0.3, 0.4) is 0 Å². The lowest BCUT2D eigenvalue weighted by atomic mass is 10.1. The highest BCUT2D eigenvalue weighted by molar-refractivity contribution is 8.02. The summed E-state index contributed by atoms with van der Waals surface area (Å²) < 4.78 is 0. The lowest BCUT2D eigenvalue weighted by molar-refractivity contribution is -0.112. The van der Waals surface area contributed by atoms with Gasteiger partial charge in [0.2, 0.25) is 0 Å². The highest BCUT2D eigenvalue weighted by atomic mass is 32.2. The zero-order valence-electron chi connectivity index (χ0n) is 16.1. The van der Waals surface area contributed by atoms with E-state index < -0.39 is 5.91 Å². The Bertz CT molecular complexity index is 1040. The Labute approximate surface area is 175 Å². The quantitative estimate of drug-likeness (QED) is 0.394. The SMILES string of the molecule is Cc1ccccc1CSC(Nc1ccccc1)=C(C#N)C(=O)Nc1ccccc1. The molecule has 29 heavy (non-hydrogen) atoms. The molecule has 0 saturated heterocycles. The Kier molecular flexibility index (Phi) is 7.10. The van der Waals surface area contributed by atoms with Crippen molar-refractivity contribution in [3.05, 3.63) is 107 Å². The van der Waals surface area contributed by atoms with Crippen molar-refractivity contribution < 1.29 is 4.79 Å². The minimum Gasteiger partial charge on any atom is -0.349 e. The predicted octanol–water partition coefficient (Wildman–Crippen LogP) is 5.71. The normalized spacial score (nSPS) is 11.2. The molecule has 3 aromatic carbocycles. The number of carbonyl (C=O) groups excluding carboxylic acids is 1. The third kappa shape index (κ3) is 5.74. The molecule has 144 valence electrons. The van der Waals surface area contributed by atoms with Gasteiger partial charge in [-0.2, -0.15) is 5.26 Å². The fraction of sp³-hybridized carbons (Fsp3) is 0.0833. The van der Waals surface area contributed by atoms with Crippen LogP contribution in [-0.4, -0.2) is 5.91 Å². The lowest BCUT2D eigenvalue weighted by Crippen LogP contribution is -2.17. The molecule has 0 aromatic heterocycles. The average Bonchev–Trinajstić information content (AvgIpc) is 2.75. The number of amides is 1. The van der Waals surface area contributed by atoms with E-state index in [1.165, 1.54) is 17.3 Å². The van der Waals surface area contributed by atoms with Gasteiger partial charge in [-0.1, -0.05) is 60.7 Å². The molecular weight excluding hydrogens is 378 g/mol. The van der Waals surface area contributed by atoms with Crippen LogP contribution in [-0.2, 0) is 10.5 Å². The maximum Gasteiger partial charge on any atom is 0.269 e. The summed E-state index contributed by atoms with van der Waals surface area (Å²) >= 11 is 1.44. The van der Waals surface area contributed by atoms with Gasteiger partial charge in [-0.15, -0.1) is 11.8 Å². The minimum absolute atomic E-state index is 0.0521. The number of thioether (sulfide) groups is 1. The number of rotatable bonds is 7. The number of anilines is 2. The standard InChI is InChI=1S/C24H21N3OS/c1-18-10-8-9-11-19(18)17-29-24(27-21-14-6-3-7-15-21)22(16-25)23(28)26-20-12-4-2-5-13-20/h2-15,27H,17H2,1H3,(H,26,28). The van der Waals surface area contributed by atoms with Crippen molar-refractivity contribution in [1.29, 1.82) is 5.26 Å². The zero-order chi connectivity index (χ0) is 20.5. The molecule has 5 heteroatoms. The Morgan fingerprint density at radius 3 is 2.00 bits per heavy atom. The van der Waals surface area contributed by atoms with Crippen molar-refractivity contribution >= 4 is 29.0 Å². The van der Waals surface area contributed by atoms with Crippen LogP contribution < -0.4 is 10.6 Å². The van der Waals surface area contributed by atoms with Crippen molar-refractivity contribution in [2.24, 2.45) is 0 Å². The van der Waals surface area contributed by atoms with Gasteiger partial charge < -0.3 is 10.6 Å². The van der Waals surface area contributed by atoms with Gasteiger partial charge in [0.15, 0.2) is 0 Å². The third-order valence-electron chi connectivity index (χ3n) is 4.26. The van der Waals surface area contributed by atoms with Crippen LogP contribution in [0.25, 0.3) is 0 Å². The fourth-order valence-corrected chi connectivity index (χ4v) is 3.76. The number of aryl methyl sites for hydroxylation is 1. The van der Waals surface area contributed by atoms with E-state index in [2.05, 4.69) is 35.8 Å². The van der Waals surface area contributed by atoms with Gasteiger partial charge >= 0.3 is 0 Å². The summed E-state index contributed by atoms with van der Waals surface area (Å²) in [5.41, 5.74) is 3.85. The molecule has 0 bridgehead atoms. The van der Waals surface area contributed by atoms with Crippen molar-refractivity contribution in [3.63, 3.8) is 0 Å². The average molecular weight is 400 g/mol. The van der Waals surface area contributed by atoms with Crippen LogP contribution in [0.1, 0.15) is 11.1 Å². The van der Waals surface area contributed by atoms with E-state index in [1.54, 1.807) is 12.1 Å². The number of hydrogen-bond donors (Lipinski definition) is 2. The van der Waals surface area contributed by atoms with Gasteiger partial charge in [-0.25, -0.2) is 0 Å². The van der Waals surface area contributed by atoms with E-state index in [0.717, 1.165) is 11.3 Å². The van der Waals surface area contributed by atoms with Gasteiger partial charge in [0, 0.05) is 17.1 Å². The van der Waals surface area contributed by atoms with Gasteiger partial charge in [-0.3, -0.25) is 4.79 Å². The Morgan fingerprint density at radius 1 is 0.862 bits per heavy atom. The van der Waals surface area contributed by atoms with Crippen LogP contribution in [0.4, 0.5) is 11.4 Å². The molecule has 0 aliphatic heterocycles. The summed E-state index contributed by atoms with van der Waals surface area (Å²) in [7, 11) is 0. The third-order valence-corrected chi connectivity index (χ3v) is 5.31. The van der Waals surface area contributed by atoms with Gasteiger partial charge in [-0.05, 0) is 42.3 Å². The first-order chi connectivity index (χ1) is 14.2. The predicted molar refractivity (Wildman–Crippen MR) is 120 cm³/mol. The van der Waals surface area contributed by atoms with E-state index in [9.17, 15) is 10.1 Å². The molecule has 0 aliphatic rings. The number of hydrogen-bond acceptors (Lipinski definition) is 4. The molecule has 2 N–H and O–H groups in total. The Morgan fingerprint density at radius 2 is 1.41 bits per heavy atom. The molecule has 0 fully saturated rings. The maximum absolute atomic E-state index is 12.8. The van der Waals surface area contributed by atoms with Gasteiger partial charge in [0.1, 0.15) is 11.6 Å². The lowest BCUT2D eigenvalue weighted by Gasteiger charge is -2.14. The molecule has 0 atom stereocenters. The summed E-state index contributed by atoms with van der Waals surface area (Å²) in [6, 6.07) is 28.8. The Hall–Kier alpha value is -3.49. The monoisotopic (exact) mass is 399 g/mol. The van der Waals surface area contributed by atoms with E-state index in [4.69, 9.17) is 0 Å². The largest absolute Gasteiger partial charge is 0.349 e. The summed E-state index contributed by atoms with van der Waals surface area (Å²) in [4.78, 5) is 12.8. The van der Waals surface area contributed by atoms with Crippen LogP contribution in [0.15, 0.2) is 95.5 Å². The van der Waals surface area contributed by atoms with Crippen LogP contribution in [0.2, 0.25) is 0 Å². The van der Waals surface area contributed by atoms with Gasteiger partial charge in [0.05, 0.1) is 5.03 Å². The van der Waals surface area contributed by atoms with E-state index in [-0.39, 0.29) is 5.57 Å². The first-order valence-corrected chi connectivity index (χ1v) is 10.2. The summed E-state index contributed by atoms with van der Waals surface area (Å²) in [5.74, 6) is 0.209. The number of benzene rings is 3. The highest BCUT2D eigenvalue weighted by Crippen LogP contribution is 2.28. The second-order valence-corrected chi connectivity index (χ2v) is 7.33. The van der Waals surface area contributed by atoms with Crippen molar-refractivity contribution in [2.75, 3.05) is 10.6 Å². The molecule has 0 spiro atoms. The molecule has 4 nitrogen and oxygen atoms in total. The summed E-state index contributed by atoms with van der Waals surface area (Å²) in [6.07, 6.45) is 0. The molecule has 0 radical (unpaired) electrons.